The Labute approximate surface area is 233 Å². The van der Waals surface area contributed by atoms with E-state index in [9.17, 15) is 4.79 Å². The van der Waals surface area contributed by atoms with Crippen LogP contribution in [0.3, 0.4) is 0 Å². The van der Waals surface area contributed by atoms with Gasteiger partial charge in [0.15, 0.2) is 5.13 Å². The first-order valence-electron chi connectivity index (χ1n) is 12.8. The number of ether oxygens (including phenoxy) is 2. The number of methoxy groups -OCH3 is 1. The second kappa shape index (κ2) is 9.52. The summed E-state index contributed by atoms with van der Waals surface area (Å²) in [6, 6.07) is 11.4. The molecule has 2 aromatic carbocycles. The van der Waals surface area contributed by atoms with E-state index in [4.69, 9.17) is 42.2 Å². The van der Waals surface area contributed by atoms with E-state index in [-0.39, 0.29) is 12.1 Å². The molecule has 0 unspecified atom stereocenters. The van der Waals surface area contributed by atoms with Crippen LogP contribution in [-0.2, 0) is 16.1 Å². The quantitative estimate of drug-likeness (QED) is 0.219. The summed E-state index contributed by atoms with van der Waals surface area (Å²) in [5.74, 6) is 1.39. The molecule has 2 aliphatic carbocycles. The van der Waals surface area contributed by atoms with Gasteiger partial charge in [0.2, 0.25) is 0 Å². The number of fused-ring (bicyclic) bond motifs is 3. The van der Waals surface area contributed by atoms with Crippen molar-refractivity contribution in [3.63, 3.8) is 0 Å². The standard InChI is InChI=1S/C28H25Cl2N3O4S/c1-35-27(34)15-7-8-21-23(10-15)38-28(31-21)33-12-16-9-17(33)11-22(16)36-13-18-25(32-37-26(18)14-5-6-14)24-19(29)3-2-4-20(24)30/h2-4,7-8,10,14,16-17,22H,5-6,9,11-13H2,1H3/t16-,17-,22+/m1/s1. The van der Waals surface area contributed by atoms with Crippen LogP contribution < -0.4 is 4.90 Å². The second-order valence-corrected chi connectivity index (χ2v) is 12.1. The monoisotopic (exact) mass is 569 g/mol. The topological polar surface area (TPSA) is 77.7 Å². The van der Waals surface area contributed by atoms with Crippen LogP contribution in [0.15, 0.2) is 40.9 Å². The van der Waals surface area contributed by atoms with Crippen molar-refractivity contribution in [1.82, 2.24) is 10.1 Å². The number of esters is 1. The lowest BCUT2D eigenvalue weighted by atomic mass is 10.0. The average molecular weight is 570 g/mol. The van der Waals surface area contributed by atoms with Crippen LogP contribution in [0, 0.1) is 5.92 Å². The normalized spacial score (nSPS) is 22.5. The summed E-state index contributed by atoms with van der Waals surface area (Å²) >= 11 is 14.7. The number of rotatable bonds is 7. The predicted molar refractivity (Wildman–Crippen MR) is 147 cm³/mol. The first-order chi connectivity index (χ1) is 18.5. The Kier molecular flexibility index (Phi) is 6.11. The molecule has 1 saturated heterocycles. The summed E-state index contributed by atoms with van der Waals surface area (Å²) < 4.78 is 18.2. The Bertz CT molecular complexity index is 1530. The lowest BCUT2D eigenvalue weighted by molar-refractivity contribution is 0.0122. The fourth-order valence-corrected chi connectivity index (χ4v) is 7.53. The molecule has 0 radical (unpaired) electrons. The predicted octanol–water partition coefficient (Wildman–Crippen LogP) is 7.11. The van der Waals surface area contributed by atoms with E-state index in [2.05, 4.69) is 10.1 Å². The molecule has 4 aromatic rings. The Hall–Kier alpha value is -2.65. The van der Waals surface area contributed by atoms with Crippen LogP contribution in [0.1, 0.15) is 53.3 Å². The van der Waals surface area contributed by atoms with Crippen LogP contribution in [0.5, 0.6) is 0 Å². The molecule has 0 N–H and O–H groups in total. The van der Waals surface area contributed by atoms with Crippen molar-refractivity contribution in [3.05, 3.63) is 63.3 Å². The molecule has 38 heavy (non-hydrogen) atoms. The van der Waals surface area contributed by atoms with Gasteiger partial charge >= 0.3 is 5.97 Å². The van der Waals surface area contributed by atoms with Crippen molar-refractivity contribution >= 4 is 55.9 Å². The number of thiazole rings is 1. The molecular formula is C28H25Cl2N3O4S. The van der Waals surface area contributed by atoms with E-state index in [1.807, 2.05) is 30.3 Å². The number of hydrogen-bond acceptors (Lipinski definition) is 8. The first kappa shape index (κ1) is 24.4. The highest BCUT2D eigenvalue weighted by molar-refractivity contribution is 7.22. The number of hydrogen-bond donors (Lipinski definition) is 0. The highest BCUT2D eigenvalue weighted by Gasteiger charge is 2.46. The molecule has 2 bridgehead atoms. The molecule has 3 aliphatic rings. The molecule has 3 atom stereocenters. The Balaban J connectivity index is 1.07. The Morgan fingerprint density at radius 2 is 2.00 bits per heavy atom. The molecular weight excluding hydrogens is 545 g/mol. The summed E-state index contributed by atoms with van der Waals surface area (Å²) in [6.07, 6.45) is 4.39. The number of nitrogens with zero attached hydrogens (tertiary/aromatic N) is 3. The zero-order valence-corrected chi connectivity index (χ0v) is 23.0. The molecule has 7 nitrogen and oxygen atoms in total. The molecule has 7 rings (SSSR count). The number of carbonyl (C=O) groups is 1. The number of anilines is 1. The Morgan fingerprint density at radius 3 is 2.71 bits per heavy atom. The summed E-state index contributed by atoms with van der Waals surface area (Å²) in [5, 5.41) is 6.50. The van der Waals surface area contributed by atoms with Crippen molar-refractivity contribution in [1.29, 1.82) is 0 Å². The fraction of sp³-hybridized carbons (Fsp3) is 0.393. The maximum absolute atomic E-state index is 11.9. The molecule has 196 valence electrons. The average Bonchev–Trinajstić information content (AvgIpc) is 3.24. The maximum atomic E-state index is 11.9. The fourth-order valence-electron chi connectivity index (χ4n) is 5.86. The van der Waals surface area contributed by atoms with E-state index in [0.717, 1.165) is 58.9 Å². The van der Waals surface area contributed by atoms with Crippen molar-refractivity contribution in [2.75, 3.05) is 18.6 Å². The number of halogens is 2. The molecule has 10 heteroatoms. The van der Waals surface area contributed by atoms with Crippen LogP contribution in [0.2, 0.25) is 10.0 Å². The first-order valence-corrected chi connectivity index (χ1v) is 14.4. The van der Waals surface area contributed by atoms with E-state index in [0.29, 0.717) is 51.4 Å². The lowest BCUT2D eigenvalue weighted by Crippen LogP contribution is -2.38. The van der Waals surface area contributed by atoms with Gasteiger partial charge in [0.1, 0.15) is 11.5 Å². The van der Waals surface area contributed by atoms with Gasteiger partial charge in [0.25, 0.3) is 0 Å². The van der Waals surface area contributed by atoms with Crippen molar-refractivity contribution < 1.29 is 18.8 Å². The van der Waals surface area contributed by atoms with Crippen molar-refractivity contribution in [3.8, 4) is 11.3 Å². The van der Waals surface area contributed by atoms with Gasteiger partial charge in [-0.2, -0.15) is 0 Å². The third-order valence-electron chi connectivity index (χ3n) is 7.93. The third kappa shape index (κ3) is 4.18. The van der Waals surface area contributed by atoms with E-state index in [1.54, 1.807) is 17.4 Å². The van der Waals surface area contributed by atoms with Crippen molar-refractivity contribution in [2.24, 2.45) is 5.92 Å². The minimum Gasteiger partial charge on any atom is -0.465 e. The minimum atomic E-state index is -0.334. The second-order valence-electron chi connectivity index (χ2n) is 10.3. The van der Waals surface area contributed by atoms with Crippen LogP contribution in [-0.4, -0.2) is 41.9 Å². The van der Waals surface area contributed by atoms with Gasteiger partial charge < -0.3 is 18.9 Å². The minimum absolute atomic E-state index is 0.160. The number of carbonyl (C=O) groups excluding carboxylic acids is 1. The highest BCUT2D eigenvalue weighted by Crippen LogP contribution is 2.48. The maximum Gasteiger partial charge on any atom is 0.337 e. The zero-order valence-electron chi connectivity index (χ0n) is 20.7. The molecule has 2 aromatic heterocycles. The van der Waals surface area contributed by atoms with Gasteiger partial charge in [0.05, 0.1) is 45.6 Å². The number of aromatic nitrogens is 2. The number of piperidine rings is 1. The summed E-state index contributed by atoms with van der Waals surface area (Å²) in [6.45, 7) is 1.33. The van der Waals surface area contributed by atoms with Gasteiger partial charge in [-0.25, -0.2) is 9.78 Å². The van der Waals surface area contributed by atoms with E-state index >= 15 is 0 Å². The summed E-state index contributed by atoms with van der Waals surface area (Å²) in [4.78, 5) is 19.2. The molecule has 0 spiro atoms. The molecule has 3 fully saturated rings. The molecule has 2 saturated carbocycles. The van der Waals surface area contributed by atoms with Crippen LogP contribution in [0.4, 0.5) is 5.13 Å². The largest absolute Gasteiger partial charge is 0.465 e. The van der Waals surface area contributed by atoms with Crippen LogP contribution in [0.25, 0.3) is 21.5 Å². The summed E-state index contributed by atoms with van der Waals surface area (Å²) in [7, 11) is 1.40. The lowest BCUT2D eigenvalue weighted by Gasteiger charge is -2.31. The molecule has 0 amide bonds. The van der Waals surface area contributed by atoms with Gasteiger partial charge in [-0.1, -0.05) is 45.8 Å². The smallest absolute Gasteiger partial charge is 0.337 e. The van der Waals surface area contributed by atoms with E-state index < -0.39 is 0 Å². The van der Waals surface area contributed by atoms with Gasteiger partial charge in [-0.15, -0.1) is 0 Å². The summed E-state index contributed by atoms with van der Waals surface area (Å²) in [5.41, 5.74) is 3.81. The van der Waals surface area contributed by atoms with Crippen molar-refractivity contribution in [2.45, 2.75) is 50.4 Å². The SMILES string of the molecule is COC(=O)c1ccc2nc(N3C[C@H]4C[C@@H]3C[C@@H]4OCc3c(-c4c(Cl)cccc4Cl)noc3C3CC3)sc2c1. The molecule has 3 heterocycles. The molecule has 1 aliphatic heterocycles. The van der Waals surface area contributed by atoms with Gasteiger partial charge in [0, 0.05) is 35.5 Å². The van der Waals surface area contributed by atoms with Gasteiger partial charge in [-0.05, 0) is 56.0 Å². The Morgan fingerprint density at radius 1 is 1.18 bits per heavy atom. The third-order valence-corrected chi connectivity index (χ3v) is 9.61. The van der Waals surface area contributed by atoms with Gasteiger partial charge in [-0.3, -0.25) is 0 Å². The van der Waals surface area contributed by atoms with Crippen LogP contribution >= 0.6 is 34.5 Å². The van der Waals surface area contributed by atoms with E-state index in [1.165, 1.54) is 7.11 Å². The number of benzene rings is 2. The highest BCUT2D eigenvalue weighted by atomic mass is 35.5. The zero-order chi connectivity index (χ0) is 26.0.